The standard InChI is InChI=1S/C18H22N4O2/c1-3-4-11-22(2)18(24)14-8-10-20-16(12-14)17(23)21-13-15-7-5-6-9-19-15/h5-10,12H,3-4,11,13H2,1-2H3,(H,21,23). The number of hydrogen-bond acceptors (Lipinski definition) is 4. The second kappa shape index (κ2) is 8.76. The Balaban J connectivity index is 2.01. The molecule has 0 aliphatic rings. The Kier molecular flexibility index (Phi) is 6.42. The van der Waals surface area contributed by atoms with E-state index < -0.39 is 0 Å². The maximum atomic E-state index is 12.4. The van der Waals surface area contributed by atoms with E-state index in [-0.39, 0.29) is 17.5 Å². The first-order chi connectivity index (χ1) is 11.6. The maximum Gasteiger partial charge on any atom is 0.270 e. The molecule has 0 atom stereocenters. The highest BCUT2D eigenvalue weighted by Crippen LogP contribution is 2.07. The highest BCUT2D eigenvalue weighted by Gasteiger charge is 2.14. The van der Waals surface area contributed by atoms with Crippen LogP contribution in [0.25, 0.3) is 0 Å². The number of pyridine rings is 2. The molecule has 2 rings (SSSR count). The summed E-state index contributed by atoms with van der Waals surface area (Å²) in [5, 5.41) is 2.76. The van der Waals surface area contributed by atoms with E-state index in [2.05, 4.69) is 22.2 Å². The maximum absolute atomic E-state index is 12.4. The summed E-state index contributed by atoms with van der Waals surface area (Å²) in [5.41, 5.74) is 1.45. The predicted molar refractivity (Wildman–Crippen MR) is 91.5 cm³/mol. The molecular formula is C18H22N4O2. The quantitative estimate of drug-likeness (QED) is 0.847. The largest absolute Gasteiger partial charge is 0.345 e. The molecule has 0 unspecified atom stereocenters. The van der Waals surface area contributed by atoms with Gasteiger partial charge in [-0.2, -0.15) is 0 Å². The van der Waals surface area contributed by atoms with Gasteiger partial charge in [-0.05, 0) is 30.7 Å². The average Bonchev–Trinajstić information content (AvgIpc) is 2.64. The van der Waals surface area contributed by atoms with Crippen molar-refractivity contribution in [2.75, 3.05) is 13.6 Å². The third-order valence-electron chi connectivity index (χ3n) is 3.59. The van der Waals surface area contributed by atoms with Gasteiger partial charge in [-0.1, -0.05) is 19.4 Å². The smallest absolute Gasteiger partial charge is 0.270 e. The van der Waals surface area contributed by atoms with Crippen LogP contribution in [0.3, 0.4) is 0 Å². The Morgan fingerprint density at radius 1 is 1.17 bits per heavy atom. The van der Waals surface area contributed by atoms with Gasteiger partial charge < -0.3 is 10.2 Å². The van der Waals surface area contributed by atoms with Gasteiger partial charge in [-0.25, -0.2) is 0 Å². The fraction of sp³-hybridized carbons (Fsp3) is 0.333. The van der Waals surface area contributed by atoms with Crippen LogP contribution in [0, 0.1) is 0 Å². The van der Waals surface area contributed by atoms with Gasteiger partial charge in [-0.15, -0.1) is 0 Å². The first kappa shape index (κ1) is 17.6. The lowest BCUT2D eigenvalue weighted by Gasteiger charge is -2.16. The molecule has 6 nitrogen and oxygen atoms in total. The molecule has 2 aromatic rings. The second-order valence-corrected chi connectivity index (χ2v) is 5.51. The number of carbonyl (C=O) groups is 2. The van der Waals surface area contributed by atoms with Crippen LogP contribution in [0.5, 0.6) is 0 Å². The Bertz CT molecular complexity index is 688. The zero-order chi connectivity index (χ0) is 17.4. The summed E-state index contributed by atoms with van der Waals surface area (Å²) in [6.07, 6.45) is 5.13. The van der Waals surface area contributed by atoms with Gasteiger partial charge >= 0.3 is 0 Å². The molecule has 0 aromatic carbocycles. The normalized spacial score (nSPS) is 10.2. The molecule has 0 saturated carbocycles. The lowest BCUT2D eigenvalue weighted by molar-refractivity contribution is 0.0793. The van der Waals surface area contributed by atoms with E-state index in [1.54, 1.807) is 24.2 Å². The van der Waals surface area contributed by atoms with E-state index >= 15 is 0 Å². The van der Waals surface area contributed by atoms with Crippen molar-refractivity contribution in [1.82, 2.24) is 20.2 Å². The number of carbonyl (C=O) groups excluding carboxylic acids is 2. The lowest BCUT2D eigenvalue weighted by Crippen LogP contribution is -2.29. The van der Waals surface area contributed by atoms with Gasteiger partial charge in [0.15, 0.2) is 0 Å². The summed E-state index contributed by atoms with van der Waals surface area (Å²) in [6, 6.07) is 8.66. The number of unbranched alkanes of at least 4 members (excludes halogenated alkanes) is 1. The molecule has 2 heterocycles. The van der Waals surface area contributed by atoms with Gasteiger partial charge in [0.2, 0.25) is 0 Å². The molecule has 0 aliphatic carbocycles. The number of aromatic nitrogens is 2. The van der Waals surface area contributed by atoms with Crippen LogP contribution in [-0.4, -0.2) is 40.3 Å². The third-order valence-corrected chi connectivity index (χ3v) is 3.59. The molecule has 24 heavy (non-hydrogen) atoms. The van der Waals surface area contributed by atoms with Crippen molar-refractivity contribution in [3.05, 3.63) is 59.7 Å². The van der Waals surface area contributed by atoms with Gasteiger partial charge in [0.1, 0.15) is 5.69 Å². The molecule has 0 saturated heterocycles. The van der Waals surface area contributed by atoms with Crippen LogP contribution in [0.2, 0.25) is 0 Å². The van der Waals surface area contributed by atoms with Gasteiger partial charge in [-0.3, -0.25) is 19.6 Å². The van der Waals surface area contributed by atoms with Crippen molar-refractivity contribution in [2.24, 2.45) is 0 Å². The average molecular weight is 326 g/mol. The second-order valence-electron chi connectivity index (χ2n) is 5.51. The van der Waals surface area contributed by atoms with E-state index in [0.29, 0.717) is 18.7 Å². The highest BCUT2D eigenvalue weighted by molar-refractivity contribution is 5.98. The van der Waals surface area contributed by atoms with Gasteiger partial charge in [0, 0.05) is 31.5 Å². The highest BCUT2D eigenvalue weighted by atomic mass is 16.2. The Labute approximate surface area is 141 Å². The minimum atomic E-state index is -0.327. The number of rotatable bonds is 7. The number of amides is 2. The molecule has 126 valence electrons. The summed E-state index contributed by atoms with van der Waals surface area (Å²) in [7, 11) is 1.76. The molecule has 6 heteroatoms. The molecule has 0 bridgehead atoms. The minimum absolute atomic E-state index is 0.107. The van der Waals surface area contributed by atoms with E-state index in [0.717, 1.165) is 18.5 Å². The first-order valence-corrected chi connectivity index (χ1v) is 8.01. The minimum Gasteiger partial charge on any atom is -0.345 e. The van der Waals surface area contributed by atoms with Crippen LogP contribution in [0.1, 0.15) is 46.3 Å². The van der Waals surface area contributed by atoms with Crippen LogP contribution >= 0.6 is 0 Å². The first-order valence-electron chi connectivity index (χ1n) is 8.01. The van der Waals surface area contributed by atoms with E-state index in [1.165, 1.54) is 12.3 Å². The Morgan fingerprint density at radius 3 is 2.71 bits per heavy atom. The molecular weight excluding hydrogens is 304 g/mol. The van der Waals surface area contributed by atoms with Gasteiger partial charge in [0.05, 0.1) is 12.2 Å². The van der Waals surface area contributed by atoms with Crippen LogP contribution in [-0.2, 0) is 6.54 Å². The summed E-state index contributed by atoms with van der Waals surface area (Å²) >= 11 is 0. The fourth-order valence-electron chi connectivity index (χ4n) is 2.17. The van der Waals surface area contributed by atoms with Crippen molar-refractivity contribution in [2.45, 2.75) is 26.3 Å². The number of nitrogens with one attached hydrogen (secondary N) is 1. The van der Waals surface area contributed by atoms with Crippen molar-refractivity contribution < 1.29 is 9.59 Å². The monoisotopic (exact) mass is 326 g/mol. The zero-order valence-electron chi connectivity index (χ0n) is 14.0. The van der Waals surface area contributed by atoms with Gasteiger partial charge in [0.25, 0.3) is 11.8 Å². The third kappa shape index (κ3) is 4.87. The summed E-state index contributed by atoms with van der Waals surface area (Å²) in [4.78, 5) is 34.4. The molecule has 0 aliphatic heterocycles. The van der Waals surface area contributed by atoms with E-state index in [1.807, 2.05) is 18.2 Å². The van der Waals surface area contributed by atoms with Crippen LogP contribution < -0.4 is 5.32 Å². The molecule has 2 aromatic heterocycles. The van der Waals surface area contributed by atoms with E-state index in [9.17, 15) is 9.59 Å². The molecule has 1 N–H and O–H groups in total. The van der Waals surface area contributed by atoms with Crippen LogP contribution in [0.4, 0.5) is 0 Å². The summed E-state index contributed by atoms with van der Waals surface area (Å²) < 4.78 is 0. The number of hydrogen-bond donors (Lipinski definition) is 1. The van der Waals surface area contributed by atoms with E-state index in [4.69, 9.17) is 0 Å². The summed E-state index contributed by atoms with van der Waals surface area (Å²) in [6.45, 7) is 3.09. The topological polar surface area (TPSA) is 75.2 Å². The molecule has 0 fully saturated rings. The number of nitrogens with zero attached hydrogens (tertiary/aromatic N) is 3. The van der Waals surface area contributed by atoms with Crippen molar-refractivity contribution in [1.29, 1.82) is 0 Å². The van der Waals surface area contributed by atoms with Crippen molar-refractivity contribution in [3.63, 3.8) is 0 Å². The van der Waals surface area contributed by atoms with Crippen molar-refractivity contribution in [3.8, 4) is 0 Å². The Morgan fingerprint density at radius 2 is 2.00 bits per heavy atom. The fourth-order valence-corrected chi connectivity index (χ4v) is 2.17. The van der Waals surface area contributed by atoms with Crippen LogP contribution in [0.15, 0.2) is 42.7 Å². The Hall–Kier alpha value is -2.76. The molecule has 2 amide bonds. The SMILES string of the molecule is CCCCN(C)C(=O)c1ccnc(C(=O)NCc2ccccn2)c1. The molecule has 0 radical (unpaired) electrons. The van der Waals surface area contributed by atoms with Crippen molar-refractivity contribution >= 4 is 11.8 Å². The zero-order valence-corrected chi connectivity index (χ0v) is 14.0. The molecule has 0 spiro atoms. The lowest BCUT2D eigenvalue weighted by atomic mass is 10.2. The predicted octanol–water partition coefficient (Wildman–Crippen LogP) is 2.28. The summed E-state index contributed by atoms with van der Waals surface area (Å²) in [5.74, 6) is -0.434.